The quantitative estimate of drug-likeness (QED) is 0.549. The van der Waals surface area contributed by atoms with E-state index in [-0.39, 0.29) is 5.56 Å². The van der Waals surface area contributed by atoms with Crippen LogP contribution in [0.2, 0.25) is 0 Å². The number of hydrogen-bond acceptors (Lipinski definition) is 5. The molecule has 0 unspecified atom stereocenters. The van der Waals surface area contributed by atoms with Gasteiger partial charge in [0.15, 0.2) is 5.65 Å². The highest BCUT2D eigenvalue weighted by atomic mass is 16.1. The smallest absolute Gasteiger partial charge is 0.292 e. The molecular formula is C19H20N6O. The molecule has 0 amide bonds. The van der Waals surface area contributed by atoms with Crippen molar-refractivity contribution in [2.24, 2.45) is 0 Å². The number of imidazole rings is 1. The molecule has 4 heterocycles. The Bertz CT molecular complexity index is 1180. The highest BCUT2D eigenvalue weighted by Crippen LogP contribution is 2.22. The number of fused-ring (bicyclic) bond motifs is 5. The Balaban J connectivity index is 1.78. The van der Waals surface area contributed by atoms with Crippen LogP contribution in [0.1, 0.15) is 13.8 Å². The first-order valence-corrected chi connectivity index (χ1v) is 8.91. The summed E-state index contributed by atoms with van der Waals surface area (Å²) in [6.07, 6.45) is 0. The second-order valence-electron chi connectivity index (χ2n) is 7.13. The molecule has 4 aromatic rings. The van der Waals surface area contributed by atoms with E-state index < -0.39 is 0 Å². The molecule has 5 rings (SSSR count). The Morgan fingerprint density at radius 3 is 2.58 bits per heavy atom. The van der Waals surface area contributed by atoms with Gasteiger partial charge in [0.25, 0.3) is 5.56 Å². The second-order valence-corrected chi connectivity index (χ2v) is 7.13. The summed E-state index contributed by atoms with van der Waals surface area (Å²) in [7, 11) is 0. The van der Waals surface area contributed by atoms with E-state index in [1.807, 2.05) is 40.8 Å². The van der Waals surface area contributed by atoms with Crippen molar-refractivity contribution in [3.05, 3.63) is 46.8 Å². The van der Waals surface area contributed by atoms with Gasteiger partial charge in [-0.3, -0.25) is 9.20 Å². The predicted octanol–water partition coefficient (Wildman–Crippen LogP) is 1.91. The number of nitrogens with one attached hydrogen (secondary N) is 2. The first-order valence-electron chi connectivity index (χ1n) is 8.91. The van der Waals surface area contributed by atoms with Crippen molar-refractivity contribution in [1.29, 1.82) is 0 Å². The van der Waals surface area contributed by atoms with Crippen LogP contribution >= 0.6 is 0 Å². The van der Waals surface area contributed by atoms with Gasteiger partial charge in [-0.25, -0.2) is 9.97 Å². The van der Waals surface area contributed by atoms with Crippen molar-refractivity contribution in [3.63, 3.8) is 0 Å². The summed E-state index contributed by atoms with van der Waals surface area (Å²) < 4.78 is 1.86. The summed E-state index contributed by atoms with van der Waals surface area (Å²) in [4.78, 5) is 27.0. The van der Waals surface area contributed by atoms with Crippen molar-refractivity contribution in [2.75, 3.05) is 18.0 Å². The largest absolute Gasteiger partial charge is 0.353 e. The first-order chi connectivity index (χ1) is 12.6. The van der Waals surface area contributed by atoms with Gasteiger partial charge in [-0.1, -0.05) is 12.1 Å². The van der Waals surface area contributed by atoms with Crippen LogP contribution < -0.4 is 15.8 Å². The molecule has 1 saturated heterocycles. The Hall–Kier alpha value is -2.93. The Kier molecular flexibility index (Phi) is 3.27. The summed E-state index contributed by atoms with van der Waals surface area (Å²) in [6, 6.07) is 12.5. The number of rotatable bonds is 1. The van der Waals surface area contributed by atoms with Crippen LogP contribution in [-0.4, -0.2) is 44.5 Å². The number of piperazine rings is 1. The lowest BCUT2D eigenvalue weighted by Gasteiger charge is -2.36. The molecule has 7 heteroatoms. The zero-order valence-corrected chi connectivity index (χ0v) is 14.7. The summed E-state index contributed by atoms with van der Waals surface area (Å²) in [5.41, 5.74) is 3.31. The standard InChI is InChI=1S/C19H20N6O/c1-11-9-24(10-12(2)20-11)16-8-7-14-17(23-16)25-15-6-4-3-5-13(15)21-18(25)19(26)22-14/h3-8,11-12,20H,9-10H2,1-2H3,(H,22,26)/t11-,12+. The van der Waals surface area contributed by atoms with Gasteiger partial charge in [0.05, 0.1) is 16.6 Å². The van der Waals surface area contributed by atoms with Crippen molar-refractivity contribution < 1.29 is 0 Å². The minimum Gasteiger partial charge on any atom is -0.353 e. The van der Waals surface area contributed by atoms with Gasteiger partial charge >= 0.3 is 0 Å². The highest BCUT2D eigenvalue weighted by molar-refractivity contribution is 5.87. The normalized spacial score (nSPS) is 21.1. The summed E-state index contributed by atoms with van der Waals surface area (Å²) in [5.74, 6) is 0.920. The molecule has 0 aliphatic carbocycles. The van der Waals surface area contributed by atoms with E-state index in [2.05, 4.69) is 34.0 Å². The first kappa shape index (κ1) is 15.3. The lowest BCUT2D eigenvalue weighted by atomic mass is 10.1. The lowest BCUT2D eigenvalue weighted by molar-refractivity contribution is 0.405. The van der Waals surface area contributed by atoms with Gasteiger partial charge in [-0.05, 0) is 38.1 Å². The zero-order chi connectivity index (χ0) is 17.8. The molecule has 0 spiro atoms. The van der Waals surface area contributed by atoms with E-state index in [4.69, 9.17) is 4.98 Å². The molecule has 2 N–H and O–H groups in total. The van der Waals surface area contributed by atoms with Gasteiger partial charge in [-0.2, -0.15) is 0 Å². The number of para-hydroxylation sites is 2. The van der Waals surface area contributed by atoms with Crippen LogP contribution in [0.3, 0.4) is 0 Å². The van der Waals surface area contributed by atoms with Crippen molar-refractivity contribution in [2.45, 2.75) is 25.9 Å². The van der Waals surface area contributed by atoms with E-state index >= 15 is 0 Å². The minimum absolute atomic E-state index is 0.201. The molecule has 0 saturated carbocycles. The van der Waals surface area contributed by atoms with Crippen molar-refractivity contribution in [3.8, 4) is 0 Å². The third-order valence-electron chi connectivity index (χ3n) is 4.97. The summed E-state index contributed by atoms with van der Waals surface area (Å²) >= 11 is 0. The number of hydrogen-bond donors (Lipinski definition) is 2. The van der Waals surface area contributed by atoms with Gasteiger partial charge < -0.3 is 15.2 Å². The van der Waals surface area contributed by atoms with Crippen molar-refractivity contribution >= 4 is 33.7 Å². The predicted molar refractivity (Wildman–Crippen MR) is 103 cm³/mol. The molecule has 1 aromatic carbocycles. The third-order valence-corrected chi connectivity index (χ3v) is 4.97. The maximum Gasteiger partial charge on any atom is 0.292 e. The number of aromatic nitrogens is 4. The van der Waals surface area contributed by atoms with E-state index in [9.17, 15) is 4.79 Å². The Morgan fingerprint density at radius 1 is 1.00 bits per heavy atom. The topological polar surface area (TPSA) is 78.3 Å². The SMILES string of the molecule is C[C@@H]1CN(c2ccc3[nH]c(=O)c4nc5ccccc5n4c3n2)C[C@H](C)N1. The van der Waals surface area contributed by atoms with E-state index in [1.165, 1.54) is 0 Å². The maximum absolute atomic E-state index is 12.4. The third kappa shape index (κ3) is 2.28. The van der Waals surface area contributed by atoms with Crippen LogP contribution in [0.15, 0.2) is 41.2 Å². The Labute approximate surface area is 149 Å². The molecule has 0 radical (unpaired) electrons. The molecule has 7 nitrogen and oxygen atoms in total. The van der Waals surface area contributed by atoms with E-state index in [1.54, 1.807) is 0 Å². The average Bonchev–Trinajstić information content (AvgIpc) is 3.01. The van der Waals surface area contributed by atoms with Crippen LogP contribution in [0.4, 0.5) is 5.82 Å². The molecule has 26 heavy (non-hydrogen) atoms. The van der Waals surface area contributed by atoms with Gasteiger partial charge in [0.2, 0.25) is 5.65 Å². The van der Waals surface area contributed by atoms with Crippen LogP contribution in [0, 0.1) is 0 Å². The number of aromatic amines is 1. The van der Waals surface area contributed by atoms with E-state index in [0.29, 0.717) is 23.2 Å². The van der Waals surface area contributed by atoms with Crippen LogP contribution in [0.25, 0.3) is 27.8 Å². The van der Waals surface area contributed by atoms with E-state index in [0.717, 1.165) is 35.6 Å². The molecule has 0 bridgehead atoms. The molecular weight excluding hydrogens is 328 g/mol. The lowest BCUT2D eigenvalue weighted by Crippen LogP contribution is -2.54. The average molecular weight is 348 g/mol. The van der Waals surface area contributed by atoms with Gasteiger partial charge in [0, 0.05) is 25.2 Å². The number of benzene rings is 1. The monoisotopic (exact) mass is 348 g/mol. The zero-order valence-electron chi connectivity index (χ0n) is 14.7. The summed E-state index contributed by atoms with van der Waals surface area (Å²) in [5, 5.41) is 3.54. The number of H-pyrrole nitrogens is 1. The number of pyridine rings is 1. The fourth-order valence-corrected chi connectivity index (χ4v) is 3.97. The van der Waals surface area contributed by atoms with Gasteiger partial charge in [-0.15, -0.1) is 0 Å². The molecule has 1 aliphatic rings. The van der Waals surface area contributed by atoms with Gasteiger partial charge in [0.1, 0.15) is 5.82 Å². The van der Waals surface area contributed by atoms with Crippen LogP contribution in [0.5, 0.6) is 0 Å². The molecule has 1 fully saturated rings. The fourth-order valence-electron chi connectivity index (χ4n) is 3.97. The molecule has 132 valence electrons. The second kappa shape index (κ2) is 5.54. The fraction of sp³-hybridized carbons (Fsp3) is 0.316. The molecule has 2 atom stereocenters. The Morgan fingerprint density at radius 2 is 1.77 bits per heavy atom. The maximum atomic E-state index is 12.4. The molecule has 3 aromatic heterocycles. The molecule has 1 aliphatic heterocycles. The number of nitrogens with zero attached hydrogens (tertiary/aromatic N) is 4. The summed E-state index contributed by atoms with van der Waals surface area (Å²) in [6.45, 7) is 6.17. The minimum atomic E-state index is -0.201. The van der Waals surface area contributed by atoms with Crippen molar-refractivity contribution in [1.82, 2.24) is 24.7 Å². The highest BCUT2D eigenvalue weighted by Gasteiger charge is 2.22. The number of anilines is 1. The van der Waals surface area contributed by atoms with Crippen LogP contribution in [-0.2, 0) is 0 Å².